The van der Waals surface area contributed by atoms with Gasteiger partial charge in [-0.2, -0.15) is 11.8 Å². The van der Waals surface area contributed by atoms with E-state index >= 15 is 0 Å². The lowest BCUT2D eigenvalue weighted by Gasteiger charge is -2.12. The third-order valence-electron chi connectivity index (χ3n) is 3.10. The smallest absolute Gasteiger partial charge is 0.365 e. The molecule has 0 bridgehead atoms. The average molecular weight is 301 g/mol. The van der Waals surface area contributed by atoms with Crippen LogP contribution in [-0.2, 0) is 15.3 Å². The van der Waals surface area contributed by atoms with Crippen molar-refractivity contribution in [3.63, 3.8) is 0 Å². The molecule has 7 heteroatoms. The zero-order valence-corrected chi connectivity index (χ0v) is 12.2. The van der Waals surface area contributed by atoms with Crippen LogP contribution in [0.5, 0.6) is 0 Å². The van der Waals surface area contributed by atoms with Crippen LogP contribution in [0, 0.1) is 5.41 Å². The number of carboxylic acids is 1. The number of hydrogen-bond donors (Lipinski definition) is 1. The summed E-state index contributed by atoms with van der Waals surface area (Å²) in [6.07, 6.45) is 2.60. The largest absolute Gasteiger partial charge is 0.476 e. The van der Waals surface area contributed by atoms with Gasteiger partial charge in [-0.3, -0.25) is 4.79 Å². The number of esters is 1. The van der Waals surface area contributed by atoms with E-state index in [4.69, 9.17) is 9.84 Å². The van der Waals surface area contributed by atoms with Gasteiger partial charge in [0.15, 0.2) is 0 Å². The first-order valence-electron chi connectivity index (χ1n) is 5.87. The Kier molecular flexibility index (Phi) is 4.46. The molecular weight excluding hydrogens is 286 g/mol. The average Bonchev–Trinajstić information content (AvgIpc) is 2.95. The Labute approximate surface area is 119 Å². The van der Waals surface area contributed by atoms with E-state index in [0.717, 1.165) is 35.6 Å². The summed E-state index contributed by atoms with van der Waals surface area (Å²) in [4.78, 5) is 26.0. The van der Waals surface area contributed by atoms with Crippen LogP contribution in [0.4, 0.5) is 0 Å². The molecule has 0 aliphatic heterocycles. The third kappa shape index (κ3) is 3.94. The summed E-state index contributed by atoms with van der Waals surface area (Å²) < 4.78 is 4.70. The fourth-order valence-corrected chi connectivity index (χ4v) is 3.81. The number of aromatic carboxylic acids is 1. The molecule has 5 nitrogen and oxygen atoms in total. The molecule has 0 aromatic carbocycles. The number of nitrogens with zero attached hydrogens (tertiary/aromatic N) is 1. The van der Waals surface area contributed by atoms with E-state index in [-0.39, 0.29) is 16.4 Å². The van der Waals surface area contributed by atoms with Crippen LogP contribution in [-0.4, -0.2) is 34.9 Å². The van der Waals surface area contributed by atoms with E-state index in [1.54, 1.807) is 17.1 Å². The highest BCUT2D eigenvalue weighted by atomic mass is 32.2. The van der Waals surface area contributed by atoms with Crippen molar-refractivity contribution in [3.05, 3.63) is 16.1 Å². The zero-order valence-electron chi connectivity index (χ0n) is 10.5. The summed E-state index contributed by atoms with van der Waals surface area (Å²) in [6, 6.07) is 0. The molecule has 0 radical (unpaired) electrons. The summed E-state index contributed by atoms with van der Waals surface area (Å²) in [5.41, 5.74) is 0.893. The van der Waals surface area contributed by atoms with Crippen molar-refractivity contribution < 1.29 is 19.4 Å². The van der Waals surface area contributed by atoms with Gasteiger partial charge >= 0.3 is 11.9 Å². The van der Waals surface area contributed by atoms with Gasteiger partial charge in [-0.25, -0.2) is 9.78 Å². The maximum absolute atomic E-state index is 11.3. The van der Waals surface area contributed by atoms with E-state index in [1.165, 1.54) is 7.11 Å². The van der Waals surface area contributed by atoms with E-state index in [0.29, 0.717) is 12.2 Å². The molecule has 1 aliphatic carbocycles. The van der Waals surface area contributed by atoms with Gasteiger partial charge < -0.3 is 9.84 Å². The normalized spacial score (nSPS) is 16.1. The van der Waals surface area contributed by atoms with Gasteiger partial charge in [0, 0.05) is 11.1 Å². The second-order valence-electron chi connectivity index (χ2n) is 4.69. The van der Waals surface area contributed by atoms with Crippen LogP contribution in [0.1, 0.15) is 34.8 Å². The maximum Gasteiger partial charge on any atom is 0.365 e. The lowest BCUT2D eigenvalue weighted by atomic mass is 10.1. The van der Waals surface area contributed by atoms with Crippen LogP contribution in [0.25, 0.3) is 0 Å². The SMILES string of the molecule is COC(=O)CC1(CSCc2csc(C(=O)O)n2)CC1. The number of methoxy groups -OCH3 is 1. The van der Waals surface area contributed by atoms with Gasteiger partial charge in [-0.15, -0.1) is 11.3 Å². The number of carbonyl (C=O) groups is 2. The summed E-state index contributed by atoms with van der Waals surface area (Å²) in [5, 5.41) is 10.7. The minimum Gasteiger partial charge on any atom is -0.476 e. The quantitative estimate of drug-likeness (QED) is 0.779. The molecule has 1 N–H and O–H groups in total. The standard InChI is InChI=1S/C12H15NO4S2/c1-17-9(14)4-12(2-3-12)7-18-5-8-6-19-10(13-8)11(15)16/h6H,2-5,7H2,1H3,(H,15,16). The molecule has 0 atom stereocenters. The topological polar surface area (TPSA) is 76.5 Å². The highest BCUT2D eigenvalue weighted by molar-refractivity contribution is 7.98. The minimum atomic E-state index is -0.981. The molecular formula is C12H15NO4S2. The zero-order chi connectivity index (χ0) is 13.9. The molecule has 1 saturated carbocycles. The molecule has 1 aliphatic rings. The molecule has 1 aromatic heterocycles. The highest BCUT2D eigenvalue weighted by Crippen LogP contribution is 2.51. The summed E-state index contributed by atoms with van der Waals surface area (Å²) in [5.74, 6) is 0.444. The number of ether oxygens (including phenoxy) is 1. The number of rotatable bonds is 7. The Hall–Kier alpha value is -1.08. The number of carbonyl (C=O) groups excluding carboxylic acids is 1. The molecule has 0 amide bonds. The molecule has 0 saturated heterocycles. The molecule has 0 spiro atoms. The van der Waals surface area contributed by atoms with Crippen molar-refractivity contribution in [3.8, 4) is 0 Å². The van der Waals surface area contributed by atoms with Crippen molar-refractivity contribution in [2.45, 2.75) is 25.0 Å². The monoisotopic (exact) mass is 301 g/mol. The molecule has 2 rings (SSSR count). The number of thioether (sulfide) groups is 1. The fourth-order valence-electron chi connectivity index (χ4n) is 1.77. The van der Waals surface area contributed by atoms with E-state index in [9.17, 15) is 9.59 Å². The van der Waals surface area contributed by atoms with Crippen LogP contribution in [0.3, 0.4) is 0 Å². The number of hydrogen-bond acceptors (Lipinski definition) is 6. The van der Waals surface area contributed by atoms with Crippen molar-refractivity contribution in [1.82, 2.24) is 4.98 Å². The first-order valence-corrected chi connectivity index (χ1v) is 7.90. The molecule has 1 heterocycles. The summed E-state index contributed by atoms with van der Waals surface area (Å²) in [6.45, 7) is 0. The number of thiazole rings is 1. The lowest BCUT2D eigenvalue weighted by Crippen LogP contribution is -2.13. The Morgan fingerprint density at radius 1 is 1.58 bits per heavy atom. The number of aromatic nitrogens is 1. The molecule has 1 aromatic rings. The van der Waals surface area contributed by atoms with Crippen LogP contribution in [0.15, 0.2) is 5.38 Å². The number of carboxylic acid groups (broad SMARTS) is 1. The third-order valence-corrected chi connectivity index (χ3v) is 5.29. The second kappa shape index (κ2) is 5.92. The molecule has 19 heavy (non-hydrogen) atoms. The van der Waals surface area contributed by atoms with E-state index in [1.807, 2.05) is 0 Å². The van der Waals surface area contributed by atoms with Gasteiger partial charge in [-0.1, -0.05) is 0 Å². The van der Waals surface area contributed by atoms with Gasteiger partial charge in [0.05, 0.1) is 19.2 Å². The van der Waals surface area contributed by atoms with E-state index < -0.39 is 5.97 Å². The molecule has 104 valence electrons. The molecule has 1 fully saturated rings. The molecule has 0 unspecified atom stereocenters. The second-order valence-corrected chi connectivity index (χ2v) is 6.54. The van der Waals surface area contributed by atoms with E-state index in [2.05, 4.69) is 4.98 Å². The Bertz CT molecular complexity index is 482. The van der Waals surface area contributed by atoms with Crippen LogP contribution < -0.4 is 0 Å². The van der Waals surface area contributed by atoms with Crippen molar-refractivity contribution in [2.24, 2.45) is 5.41 Å². The predicted octanol–water partition coefficient (Wildman–Crippen LogP) is 2.42. The first-order chi connectivity index (χ1) is 9.04. The van der Waals surface area contributed by atoms with Crippen LogP contribution in [0.2, 0.25) is 0 Å². The van der Waals surface area contributed by atoms with Gasteiger partial charge in [0.25, 0.3) is 0 Å². The van der Waals surface area contributed by atoms with Crippen molar-refractivity contribution >= 4 is 35.0 Å². The van der Waals surface area contributed by atoms with Gasteiger partial charge in [0.2, 0.25) is 5.01 Å². The van der Waals surface area contributed by atoms with Crippen molar-refractivity contribution in [2.75, 3.05) is 12.9 Å². The Morgan fingerprint density at radius 3 is 2.84 bits per heavy atom. The van der Waals surface area contributed by atoms with Gasteiger partial charge in [-0.05, 0) is 24.0 Å². The maximum atomic E-state index is 11.3. The van der Waals surface area contributed by atoms with Gasteiger partial charge in [0.1, 0.15) is 0 Å². The highest BCUT2D eigenvalue weighted by Gasteiger charge is 2.44. The fraction of sp³-hybridized carbons (Fsp3) is 0.583. The predicted molar refractivity (Wildman–Crippen MR) is 73.5 cm³/mol. The van der Waals surface area contributed by atoms with Crippen LogP contribution >= 0.6 is 23.1 Å². The Balaban J connectivity index is 1.77. The lowest BCUT2D eigenvalue weighted by molar-refractivity contribution is -0.141. The summed E-state index contributed by atoms with van der Waals surface area (Å²) >= 11 is 2.84. The Morgan fingerprint density at radius 2 is 2.32 bits per heavy atom. The van der Waals surface area contributed by atoms with Crippen molar-refractivity contribution in [1.29, 1.82) is 0 Å². The summed E-state index contributed by atoms with van der Waals surface area (Å²) in [7, 11) is 1.41. The minimum absolute atomic E-state index is 0.101. The first kappa shape index (κ1) is 14.3.